The number of nitrogens with zero attached hydrogens (tertiary/aromatic N) is 2. The van der Waals surface area contributed by atoms with Gasteiger partial charge in [-0.15, -0.1) is 0 Å². The number of aromatic amines is 1. The summed E-state index contributed by atoms with van der Waals surface area (Å²) in [6, 6.07) is 7.25. The molecule has 0 saturated carbocycles. The summed E-state index contributed by atoms with van der Waals surface area (Å²) in [7, 11) is 0. The van der Waals surface area contributed by atoms with E-state index in [4.69, 9.17) is 4.74 Å². The molecule has 1 saturated heterocycles. The van der Waals surface area contributed by atoms with E-state index in [1.165, 1.54) is 0 Å². The maximum Gasteiger partial charge on any atom is 0.426 e. The Hall–Kier alpha value is -3.03. The summed E-state index contributed by atoms with van der Waals surface area (Å²) in [6.45, 7) is 5.36. The predicted octanol–water partition coefficient (Wildman–Crippen LogP) is 1.70. The van der Waals surface area contributed by atoms with Crippen LogP contribution in [0.15, 0.2) is 24.3 Å². The fourth-order valence-corrected chi connectivity index (χ4v) is 3.68. The van der Waals surface area contributed by atoms with Crippen LogP contribution in [-0.2, 0) is 27.3 Å². The van der Waals surface area contributed by atoms with Crippen molar-refractivity contribution in [3.8, 4) is 0 Å². The monoisotopic (exact) mass is 370 g/mol. The lowest BCUT2D eigenvalue weighted by Gasteiger charge is -2.42. The van der Waals surface area contributed by atoms with Crippen LogP contribution in [0.1, 0.15) is 32.0 Å². The maximum atomic E-state index is 12.9. The van der Waals surface area contributed by atoms with Gasteiger partial charge >= 0.3 is 6.09 Å². The molecule has 2 aliphatic rings. The largest absolute Gasteiger partial charge is 0.443 e. The van der Waals surface area contributed by atoms with Crippen molar-refractivity contribution in [3.05, 3.63) is 35.5 Å². The number of aromatic nitrogens is 1. The first-order chi connectivity index (χ1) is 12.7. The number of hydrogen-bond acceptors (Lipinski definition) is 4. The van der Waals surface area contributed by atoms with Crippen molar-refractivity contribution in [2.24, 2.45) is 0 Å². The Morgan fingerprint density at radius 3 is 2.70 bits per heavy atom. The highest BCUT2D eigenvalue weighted by molar-refractivity contribution is 5.97. The number of fused-ring (bicyclic) bond motifs is 4. The molecule has 2 aromatic rings. The molecule has 1 aromatic heterocycles. The Bertz CT molecular complexity index is 943. The first-order valence-corrected chi connectivity index (χ1v) is 8.92. The first-order valence-electron chi connectivity index (χ1n) is 8.92. The SMILES string of the molecule is CC(C)(C)OC(=O)NN1CC(=O)N2Cc3[nH]c4ccccc4c3C[C@@H]2C1=O. The molecule has 2 N–H and O–H groups in total. The zero-order valence-electron chi connectivity index (χ0n) is 15.5. The van der Waals surface area contributed by atoms with E-state index >= 15 is 0 Å². The number of nitrogens with one attached hydrogen (secondary N) is 2. The van der Waals surface area contributed by atoms with E-state index < -0.39 is 17.7 Å². The van der Waals surface area contributed by atoms with Crippen LogP contribution in [-0.4, -0.2) is 51.0 Å². The molecule has 8 heteroatoms. The van der Waals surface area contributed by atoms with Crippen molar-refractivity contribution in [1.82, 2.24) is 20.3 Å². The number of para-hydroxylation sites is 1. The molecule has 0 spiro atoms. The van der Waals surface area contributed by atoms with Crippen molar-refractivity contribution < 1.29 is 19.1 Å². The summed E-state index contributed by atoms with van der Waals surface area (Å²) in [6.07, 6.45) is -0.336. The van der Waals surface area contributed by atoms with Crippen LogP contribution >= 0.6 is 0 Å². The van der Waals surface area contributed by atoms with E-state index in [-0.39, 0.29) is 18.4 Å². The van der Waals surface area contributed by atoms with E-state index in [2.05, 4.69) is 10.4 Å². The molecule has 142 valence electrons. The third kappa shape index (κ3) is 3.11. The molecule has 0 aliphatic carbocycles. The van der Waals surface area contributed by atoms with Gasteiger partial charge in [-0.3, -0.25) is 9.59 Å². The second-order valence-electron chi connectivity index (χ2n) is 7.91. The topological polar surface area (TPSA) is 94.7 Å². The van der Waals surface area contributed by atoms with E-state index in [0.717, 1.165) is 27.2 Å². The van der Waals surface area contributed by atoms with Gasteiger partial charge in [-0.25, -0.2) is 15.2 Å². The maximum absolute atomic E-state index is 12.9. The molecule has 27 heavy (non-hydrogen) atoms. The fraction of sp³-hybridized carbons (Fsp3) is 0.421. The zero-order chi connectivity index (χ0) is 19.3. The fourth-order valence-electron chi connectivity index (χ4n) is 3.68. The quantitative estimate of drug-likeness (QED) is 0.799. The number of amides is 3. The van der Waals surface area contributed by atoms with Gasteiger partial charge in [0.2, 0.25) is 5.91 Å². The summed E-state index contributed by atoms with van der Waals surface area (Å²) in [5, 5.41) is 2.13. The zero-order valence-corrected chi connectivity index (χ0v) is 15.5. The highest BCUT2D eigenvalue weighted by Crippen LogP contribution is 2.32. The average Bonchev–Trinajstić information content (AvgIpc) is 2.94. The molecular formula is C19H22N4O4. The standard InChI is InChI=1S/C19H22N4O4/c1-19(2,3)27-18(26)21-23-10-16(24)22-9-14-12(8-15(22)17(23)25)11-6-4-5-7-13(11)20-14/h4-7,15,20H,8-10H2,1-3H3,(H,21,26)/t15-/m1/s1. The van der Waals surface area contributed by atoms with Crippen LogP contribution in [0, 0.1) is 0 Å². The van der Waals surface area contributed by atoms with Crippen LogP contribution < -0.4 is 5.43 Å². The molecule has 0 unspecified atom stereocenters. The normalized spacial score (nSPS) is 19.7. The van der Waals surface area contributed by atoms with Gasteiger partial charge in [-0.2, -0.15) is 0 Å². The molecule has 1 aromatic carbocycles. The molecule has 0 bridgehead atoms. The van der Waals surface area contributed by atoms with Crippen molar-refractivity contribution in [2.45, 2.75) is 45.4 Å². The van der Waals surface area contributed by atoms with E-state index in [1.807, 2.05) is 24.3 Å². The first kappa shape index (κ1) is 17.4. The van der Waals surface area contributed by atoms with Crippen LogP contribution in [0.5, 0.6) is 0 Å². The molecule has 3 heterocycles. The average molecular weight is 370 g/mol. The number of carbonyl (C=O) groups is 3. The van der Waals surface area contributed by atoms with E-state index in [0.29, 0.717) is 13.0 Å². The summed E-state index contributed by atoms with van der Waals surface area (Å²) in [5.74, 6) is -0.517. The van der Waals surface area contributed by atoms with Gasteiger partial charge in [0.05, 0.1) is 6.54 Å². The number of hydrazine groups is 1. The smallest absolute Gasteiger partial charge is 0.426 e. The molecule has 1 fully saturated rings. The number of rotatable bonds is 1. The number of piperazine rings is 1. The Balaban J connectivity index is 1.58. The lowest BCUT2D eigenvalue weighted by molar-refractivity contribution is -0.160. The van der Waals surface area contributed by atoms with Gasteiger partial charge in [-0.1, -0.05) is 18.2 Å². The number of ether oxygens (including phenoxy) is 1. The number of H-pyrrole nitrogens is 1. The third-order valence-corrected chi connectivity index (χ3v) is 4.79. The van der Waals surface area contributed by atoms with E-state index in [9.17, 15) is 14.4 Å². The second-order valence-corrected chi connectivity index (χ2v) is 7.91. The van der Waals surface area contributed by atoms with Gasteiger partial charge in [0.15, 0.2) is 0 Å². The van der Waals surface area contributed by atoms with Crippen LogP contribution in [0.25, 0.3) is 10.9 Å². The second kappa shape index (κ2) is 6.00. The van der Waals surface area contributed by atoms with Gasteiger partial charge < -0.3 is 14.6 Å². The Kier molecular flexibility index (Phi) is 3.87. The number of benzene rings is 1. The van der Waals surface area contributed by atoms with Crippen LogP contribution in [0.4, 0.5) is 4.79 Å². The Labute approximate surface area is 156 Å². The lowest BCUT2D eigenvalue weighted by atomic mass is 9.94. The van der Waals surface area contributed by atoms with Crippen molar-refractivity contribution in [1.29, 1.82) is 0 Å². The third-order valence-electron chi connectivity index (χ3n) is 4.79. The van der Waals surface area contributed by atoms with Gasteiger partial charge in [0, 0.05) is 23.0 Å². The minimum absolute atomic E-state index is 0.204. The highest BCUT2D eigenvalue weighted by atomic mass is 16.6. The molecule has 1 atom stereocenters. The summed E-state index contributed by atoms with van der Waals surface area (Å²) >= 11 is 0. The summed E-state index contributed by atoms with van der Waals surface area (Å²) in [5.41, 5.74) is 4.72. The number of carbonyl (C=O) groups excluding carboxylic acids is 3. The molecule has 3 amide bonds. The highest BCUT2D eigenvalue weighted by Gasteiger charge is 2.44. The summed E-state index contributed by atoms with van der Waals surface area (Å²) in [4.78, 5) is 42.5. The van der Waals surface area contributed by atoms with Crippen LogP contribution in [0.3, 0.4) is 0 Å². The molecular weight excluding hydrogens is 348 g/mol. The van der Waals surface area contributed by atoms with Gasteiger partial charge in [0.1, 0.15) is 18.2 Å². The predicted molar refractivity (Wildman–Crippen MR) is 97.4 cm³/mol. The Morgan fingerprint density at radius 1 is 1.22 bits per heavy atom. The van der Waals surface area contributed by atoms with Crippen molar-refractivity contribution >= 4 is 28.8 Å². The van der Waals surface area contributed by atoms with Gasteiger partial charge in [-0.05, 0) is 32.4 Å². The van der Waals surface area contributed by atoms with Gasteiger partial charge in [0.25, 0.3) is 5.91 Å². The minimum atomic E-state index is -0.749. The molecule has 4 rings (SSSR count). The van der Waals surface area contributed by atoms with E-state index in [1.54, 1.807) is 25.7 Å². The van der Waals surface area contributed by atoms with Crippen molar-refractivity contribution in [2.75, 3.05) is 6.54 Å². The minimum Gasteiger partial charge on any atom is -0.443 e. The molecule has 8 nitrogen and oxygen atoms in total. The lowest BCUT2D eigenvalue weighted by Crippen LogP contribution is -2.65. The molecule has 2 aliphatic heterocycles. The van der Waals surface area contributed by atoms with Crippen LogP contribution in [0.2, 0.25) is 0 Å². The summed E-state index contributed by atoms with van der Waals surface area (Å²) < 4.78 is 5.19. The van der Waals surface area contributed by atoms with Crippen molar-refractivity contribution in [3.63, 3.8) is 0 Å². The Morgan fingerprint density at radius 2 is 1.96 bits per heavy atom. The molecule has 0 radical (unpaired) electrons. The number of hydrogen-bond donors (Lipinski definition) is 2.